The van der Waals surface area contributed by atoms with E-state index in [1.54, 1.807) is 6.20 Å². The van der Waals surface area contributed by atoms with E-state index in [1.165, 1.54) is 0 Å². The van der Waals surface area contributed by atoms with Crippen molar-refractivity contribution in [2.45, 2.75) is 33.2 Å². The SMILES string of the molecule is C=c1/c(=C/NC(C)(C)C)c(=O)[nH]c2cc(C)ccc12. The topological polar surface area (TPSA) is 44.9 Å². The van der Waals surface area contributed by atoms with Crippen LogP contribution in [0.3, 0.4) is 0 Å². The van der Waals surface area contributed by atoms with Gasteiger partial charge < -0.3 is 10.3 Å². The van der Waals surface area contributed by atoms with Crippen molar-refractivity contribution >= 4 is 23.7 Å². The number of benzene rings is 1. The van der Waals surface area contributed by atoms with E-state index in [1.807, 2.05) is 45.9 Å². The Hall–Kier alpha value is -2.03. The molecule has 2 N–H and O–H groups in total. The first-order valence-corrected chi connectivity index (χ1v) is 6.37. The molecule has 2 rings (SSSR count). The summed E-state index contributed by atoms with van der Waals surface area (Å²) in [4.78, 5) is 15.0. The van der Waals surface area contributed by atoms with Crippen molar-refractivity contribution in [2.75, 3.05) is 0 Å². The molecule has 3 nitrogen and oxygen atoms in total. The van der Waals surface area contributed by atoms with Gasteiger partial charge in [-0.3, -0.25) is 4.79 Å². The van der Waals surface area contributed by atoms with Gasteiger partial charge in [-0.2, -0.15) is 0 Å². The lowest BCUT2D eigenvalue weighted by Crippen LogP contribution is -2.44. The Kier molecular flexibility index (Phi) is 3.23. The Morgan fingerprint density at radius 2 is 2.00 bits per heavy atom. The van der Waals surface area contributed by atoms with Gasteiger partial charge in [-0.05, 0) is 44.5 Å². The third-order valence-electron chi connectivity index (χ3n) is 2.97. The molecule has 0 aliphatic rings. The molecule has 0 aliphatic carbocycles. The van der Waals surface area contributed by atoms with Crippen molar-refractivity contribution in [3.05, 3.63) is 44.6 Å². The highest BCUT2D eigenvalue weighted by molar-refractivity contribution is 5.79. The summed E-state index contributed by atoms with van der Waals surface area (Å²) in [7, 11) is 0. The van der Waals surface area contributed by atoms with E-state index in [-0.39, 0.29) is 11.1 Å². The lowest BCUT2D eigenvalue weighted by atomic mass is 10.1. The monoisotopic (exact) mass is 256 g/mol. The van der Waals surface area contributed by atoms with Gasteiger partial charge in [-0.15, -0.1) is 0 Å². The molecule has 3 heteroatoms. The van der Waals surface area contributed by atoms with Gasteiger partial charge in [0, 0.05) is 22.6 Å². The van der Waals surface area contributed by atoms with Crippen LogP contribution in [0.15, 0.2) is 23.0 Å². The van der Waals surface area contributed by atoms with Gasteiger partial charge in [0.05, 0.1) is 5.22 Å². The minimum atomic E-state index is -0.111. The number of hydrogen-bond acceptors (Lipinski definition) is 2. The molecule has 1 aromatic carbocycles. The fraction of sp³-hybridized carbons (Fsp3) is 0.312. The zero-order chi connectivity index (χ0) is 14.2. The van der Waals surface area contributed by atoms with Crippen LogP contribution >= 0.6 is 0 Å². The van der Waals surface area contributed by atoms with Gasteiger partial charge in [-0.1, -0.05) is 18.7 Å². The summed E-state index contributed by atoms with van der Waals surface area (Å²) in [6.07, 6.45) is 1.75. The van der Waals surface area contributed by atoms with E-state index >= 15 is 0 Å². The van der Waals surface area contributed by atoms with Crippen molar-refractivity contribution in [1.29, 1.82) is 0 Å². The number of rotatable bonds is 1. The Balaban J connectivity index is 2.74. The smallest absolute Gasteiger partial charge is 0.257 e. The van der Waals surface area contributed by atoms with Crippen molar-refractivity contribution in [1.82, 2.24) is 10.3 Å². The second-order valence-electron chi connectivity index (χ2n) is 5.93. The van der Waals surface area contributed by atoms with Crippen LogP contribution in [0.4, 0.5) is 0 Å². The molecule has 0 saturated heterocycles. The third-order valence-corrected chi connectivity index (χ3v) is 2.97. The van der Waals surface area contributed by atoms with Crippen molar-refractivity contribution < 1.29 is 0 Å². The average Bonchev–Trinajstić information content (AvgIpc) is 2.26. The summed E-state index contributed by atoms with van der Waals surface area (Å²) in [5, 5.41) is 5.54. The molecule has 0 aliphatic heterocycles. The predicted molar refractivity (Wildman–Crippen MR) is 81.4 cm³/mol. The average molecular weight is 256 g/mol. The number of fused-ring (bicyclic) bond motifs is 1. The van der Waals surface area contributed by atoms with Crippen LogP contribution in [0.25, 0.3) is 23.7 Å². The second kappa shape index (κ2) is 4.57. The lowest BCUT2D eigenvalue weighted by Gasteiger charge is -2.18. The number of aryl methyl sites for hydroxylation is 1. The second-order valence-corrected chi connectivity index (χ2v) is 5.93. The molecule has 0 amide bonds. The summed E-state index contributed by atoms with van der Waals surface area (Å²) in [5.74, 6) is 0. The minimum absolute atomic E-state index is 0.0822. The van der Waals surface area contributed by atoms with Crippen LogP contribution in [0.1, 0.15) is 26.3 Å². The van der Waals surface area contributed by atoms with E-state index < -0.39 is 0 Å². The number of aromatic amines is 1. The van der Waals surface area contributed by atoms with Crippen LogP contribution in [-0.4, -0.2) is 10.5 Å². The van der Waals surface area contributed by atoms with Crippen LogP contribution in [0, 0.1) is 6.92 Å². The predicted octanol–water partition coefficient (Wildman–Crippen LogP) is 1.37. The van der Waals surface area contributed by atoms with Gasteiger partial charge in [-0.25, -0.2) is 0 Å². The molecule has 1 heterocycles. The molecule has 0 atom stereocenters. The van der Waals surface area contributed by atoms with Gasteiger partial charge in [0.25, 0.3) is 5.56 Å². The van der Waals surface area contributed by atoms with Crippen LogP contribution < -0.4 is 21.3 Å². The molecule has 100 valence electrons. The fourth-order valence-electron chi connectivity index (χ4n) is 1.94. The number of nitrogens with one attached hydrogen (secondary N) is 2. The molecule has 2 aromatic rings. The fourth-order valence-corrected chi connectivity index (χ4v) is 1.94. The molecule has 0 spiro atoms. The van der Waals surface area contributed by atoms with Crippen molar-refractivity contribution in [2.24, 2.45) is 0 Å². The molecule has 0 fully saturated rings. The van der Waals surface area contributed by atoms with Gasteiger partial charge in [0.2, 0.25) is 0 Å². The molecular weight excluding hydrogens is 236 g/mol. The lowest BCUT2D eigenvalue weighted by molar-refractivity contribution is 0.508. The Bertz CT molecular complexity index is 779. The highest BCUT2D eigenvalue weighted by atomic mass is 16.1. The largest absolute Gasteiger partial charge is 0.386 e. The van der Waals surface area contributed by atoms with E-state index in [9.17, 15) is 4.79 Å². The molecule has 1 aromatic heterocycles. The van der Waals surface area contributed by atoms with E-state index in [0.29, 0.717) is 5.22 Å². The maximum atomic E-state index is 12.1. The zero-order valence-electron chi connectivity index (χ0n) is 11.9. The van der Waals surface area contributed by atoms with E-state index in [0.717, 1.165) is 21.7 Å². The summed E-state index contributed by atoms with van der Waals surface area (Å²) < 4.78 is 0. The molecule has 0 unspecified atom stereocenters. The van der Waals surface area contributed by atoms with E-state index in [4.69, 9.17) is 0 Å². The Labute approximate surface area is 112 Å². The minimum Gasteiger partial charge on any atom is -0.386 e. The first kappa shape index (κ1) is 13.4. The first-order valence-electron chi connectivity index (χ1n) is 6.37. The zero-order valence-corrected chi connectivity index (χ0v) is 11.9. The molecule has 0 saturated carbocycles. The summed E-state index contributed by atoms with van der Waals surface area (Å²) in [6.45, 7) is 12.2. The van der Waals surface area contributed by atoms with Gasteiger partial charge >= 0.3 is 0 Å². The van der Waals surface area contributed by atoms with Crippen LogP contribution in [0.5, 0.6) is 0 Å². The maximum absolute atomic E-state index is 12.1. The molecule has 19 heavy (non-hydrogen) atoms. The van der Waals surface area contributed by atoms with Crippen LogP contribution in [-0.2, 0) is 0 Å². The molecule has 0 bridgehead atoms. The highest BCUT2D eigenvalue weighted by Crippen LogP contribution is 2.06. The van der Waals surface area contributed by atoms with Gasteiger partial charge in [0.1, 0.15) is 0 Å². The van der Waals surface area contributed by atoms with E-state index in [2.05, 4.69) is 16.9 Å². The molecular formula is C16H20N2O. The Morgan fingerprint density at radius 1 is 1.32 bits per heavy atom. The number of pyridine rings is 1. The third kappa shape index (κ3) is 2.87. The van der Waals surface area contributed by atoms with Gasteiger partial charge in [0.15, 0.2) is 0 Å². The summed E-state index contributed by atoms with van der Waals surface area (Å²) >= 11 is 0. The number of hydrogen-bond donors (Lipinski definition) is 2. The Morgan fingerprint density at radius 3 is 2.63 bits per heavy atom. The highest BCUT2D eigenvalue weighted by Gasteiger charge is 2.06. The van der Waals surface area contributed by atoms with Crippen molar-refractivity contribution in [3.63, 3.8) is 0 Å². The molecule has 0 radical (unpaired) electrons. The quantitative estimate of drug-likeness (QED) is 0.809. The van der Waals surface area contributed by atoms with Crippen molar-refractivity contribution in [3.8, 4) is 0 Å². The number of H-pyrrole nitrogens is 1. The maximum Gasteiger partial charge on any atom is 0.257 e. The summed E-state index contributed by atoms with van der Waals surface area (Å²) in [5.41, 5.74) is 1.76. The normalized spacial score (nSPS) is 12.9. The van der Waals surface area contributed by atoms with Crippen LogP contribution in [0.2, 0.25) is 0 Å². The standard InChI is InChI=1S/C16H20N2O/c1-10-6-7-12-11(2)13(9-17-16(3,4)5)15(19)18-14(12)8-10/h6-9,17H,2H2,1,3-5H3,(H,18,19)/b13-9-. The first-order chi connectivity index (χ1) is 8.78. The number of aromatic nitrogens is 1. The summed E-state index contributed by atoms with van der Waals surface area (Å²) in [6, 6.07) is 5.99.